The van der Waals surface area contributed by atoms with Gasteiger partial charge in [0.05, 0.1) is 0 Å². The zero-order valence-electron chi connectivity index (χ0n) is 13.7. The number of amides is 1. The van der Waals surface area contributed by atoms with Crippen molar-refractivity contribution in [2.75, 3.05) is 13.2 Å². The largest absolute Gasteiger partial charge is 0.452 e. The zero-order chi connectivity index (χ0) is 18.8. The summed E-state index contributed by atoms with van der Waals surface area (Å²) < 4.78 is 33.1. The number of thiophene rings is 1. The maximum absolute atomic E-state index is 12.0. The number of halogens is 2. The third-order valence-corrected chi connectivity index (χ3v) is 4.07. The van der Waals surface area contributed by atoms with E-state index < -0.39 is 12.6 Å². The summed E-state index contributed by atoms with van der Waals surface area (Å²) >= 11 is 1.61. The van der Waals surface area contributed by atoms with E-state index in [-0.39, 0.29) is 18.3 Å². The molecule has 0 aliphatic carbocycles. The van der Waals surface area contributed by atoms with Crippen molar-refractivity contribution >= 4 is 29.3 Å². The van der Waals surface area contributed by atoms with Gasteiger partial charge in [0.2, 0.25) is 0 Å². The van der Waals surface area contributed by atoms with E-state index in [9.17, 15) is 18.4 Å². The molecule has 8 heteroatoms. The number of ether oxygens (including phenoxy) is 2. The topological polar surface area (TPSA) is 64.6 Å². The molecule has 0 saturated carbocycles. The Labute approximate surface area is 153 Å². The van der Waals surface area contributed by atoms with Crippen molar-refractivity contribution in [1.29, 1.82) is 0 Å². The lowest BCUT2D eigenvalue weighted by Gasteiger charge is -2.05. The lowest BCUT2D eigenvalue weighted by atomic mass is 10.2. The van der Waals surface area contributed by atoms with E-state index in [4.69, 9.17) is 4.74 Å². The molecular formula is C18H17F2NO4S. The Hall–Kier alpha value is -2.74. The van der Waals surface area contributed by atoms with Crippen LogP contribution in [0.25, 0.3) is 6.08 Å². The lowest BCUT2D eigenvalue weighted by molar-refractivity contribution is -0.143. The van der Waals surface area contributed by atoms with Crippen molar-refractivity contribution in [3.8, 4) is 5.75 Å². The summed E-state index contributed by atoms with van der Waals surface area (Å²) in [5.41, 5.74) is 0.601. The van der Waals surface area contributed by atoms with Gasteiger partial charge in [-0.25, -0.2) is 4.79 Å². The Morgan fingerprint density at radius 3 is 2.62 bits per heavy atom. The van der Waals surface area contributed by atoms with E-state index in [1.54, 1.807) is 11.3 Å². The number of esters is 1. The van der Waals surface area contributed by atoms with Crippen LogP contribution in [0.2, 0.25) is 0 Å². The van der Waals surface area contributed by atoms with Crippen LogP contribution >= 0.6 is 11.3 Å². The van der Waals surface area contributed by atoms with Crippen LogP contribution in [-0.4, -0.2) is 31.6 Å². The molecule has 0 unspecified atom stereocenters. The smallest absolute Gasteiger partial charge is 0.387 e. The summed E-state index contributed by atoms with van der Waals surface area (Å²) in [6, 6.07) is 9.66. The molecule has 0 radical (unpaired) electrons. The number of carbonyl (C=O) groups is 2. The van der Waals surface area contributed by atoms with Gasteiger partial charge in [-0.05, 0) is 41.6 Å². The average Bonchev–Trinajstić information content (AvgIpc) is 3.12. The maximum atomic E-state index is 12.0. The summed E-state index contributed by atoms with van der Waals surface area (Å²) in [5, 5.41) is 4.63. The summed E-state index contributed by atoms with van der Waals surface area (Å²) in [6.07, 6.45) is 3.33. The van der Waals surface area contributed by atoms with Gasteiger partial charge < -0.3 is 14.8 Å². The molecule has 2 aromatic rings. The molecule has 1 aromatic carbocycles. The molecule has 0 spiro atoms. The van der Waals surface area contributed by atoms with Gasteiger partial charge >= 0.3 is 12.6 Å². The Morgan fingerprint density at radius 1 is 1.19 bits per heavy atom. The van der Waals surface area contributed by atoms with Crippen LogP contribution in [0.4, 0.5) is 8.78 Å². The fourth-order valence-corrected chi connectivity index (χ4v) is 2.65. The third-order valence-electron chi connectivity index (χ3n) is 3.14. The highest BCUT2D eigenvalue weighted by atomic mass is 32.1. The van der Waals surface area contributed by atoms with Gasteiger partial charge in [-0.3, -0.25) is 4.79 Å². The molecular weight excluding hydrogens is 364 g/mol. The van der Waals surface area contributed by atoms with E-state index in [0.29, 0.717) is 12.1 Å². The van der Waals surface area contributed by atoms with Crippen molar-refractivity contribution in [3.05, 3.63) is 58.3 Å². The Kier molecular flexibility index (Phi) is 7.75. The quantitative estimate of drug-likeness (QED) is 0.535. The molecule has 1 heterocycles. The molecule has 0 aliphatic heterocycles. The summed E-state index contributed by atoms with van der Waals surface area (Å²) in [7, 11) is 0. The fourth-order valence-electron chi connectivity index (χ4n) is 1.94. The molecule has 1 N–H and O–H groups in total. The molecule has 2 rings (SSSR count). The minimum Gasteiger partial charge on any atom is -0.452 e. The molecule has 138 valence electrons. The van der Waals surface area contributed by atoms with Crippen LogP contribution in [0.3, 0.4) is 0 Å². The first-order chi connectivity index (χ1) is 12.5. The van der Waals surface area contributed by atoms with Crippen LogP contribution in [0.5, 0.6) is 5.75 Å². The van der Waals surface area contributed by atoms with Crippen LogP contribution in [0.15, 0.2) is 47.9 Å². The van der Waals surface area contributed by atoms with E-state index in [0.717, 1.165) is 17.4 Å². The Bertz CT molecular complexity index is 730. The van der Waals surface area contributed by atoms with Crippen molar-refractivity contribution < 1.29 is 27.8 Å². The van der Waals surface area contributed by atoms with Crippen molar-refractivity contribution in [2.24, 2.45) is 0 Å². The summed E-state index contributed by atoms with van der Waals surface area (Å²) in [5.74, 6) is -1.03. The predicted molar refractivity (Wildman–Crippen MR) is 94.1 cm³/mol. The van der Waals surface area contributed by atoms with Crippen LogP contribution in [0, 0.1) is 0 Å². The molecule has 0 fully saturated rings. The molecule has 1 aromatic heterocycles. The van der Waals surface area contributed by atoms with E-state index in [1.807, 2.05) is 17.5 Å². The van der Waals surface area contributed by atoms with Crippen LogP contribution in [0.1, 0.15) is 10.4 Å². The molecule has 5 nitrogen and oxygen atoms in total. The number of nitrogens with one attached hydrogen (secondary N) is 1. The number of carbonyl (C=O) groups excluding carboxylic acids is 2. The minimum atomic E-state index is -2.89. The normalized spacial score (nSPS) is 10.9. The first-order valence-corrected chi connectivity index (χ1v) is 8.59. The highest BCUT2D eigenvalue weighted by Gasteiger charge is 2.05. The molecule has 26 heavy (non-hydrogen) atoms. The monoisotopic (exact) mass is 381 g/mol. The van der Waals surface area contributed by atoms with Gasteiger partial charge in [0.25, 0.3) is 5.91 Å². The van der Waals surface area contributed by atoms with Gasteiger partial charge in [-0.2, -0.15) is 8.78 Å². The summed E-state index contributed by atoms with van der Waals surface area (Å²) in [4.78, 5) is 24.3. The van der Waals surface area contributed by atoms with Gasteiger partial charge in [-0.15, -0.1) is 11.3 Å². The highest BCUT2D eigenvalue weighted by Crippen LogP contribution is 2.15. The average molecular weight is 381 g/mol. The molecule has 0 aliphatic rings. The lowest BCUT2D eigenvalue weighted by Crippen LogP contribution is -2.30. The number of alkyl halides is 2. The second-order valence-corrected chi connectivity index (χ2v) is 6.10. The molecule has 0 bridgehead atoms. The Morgan fingerprint density at radius 2 is 1.96 bits per heavy atom. The van der Waals surface area contributed by atoms with E-state index >= 15 is 0 Å². The van der Waals surface area contributed by atoms with Gasteiger partial charge in [0, 0.05) is 17.5 Å². The standard InChI is InChI=1S/C18H17F2NO4S/c19-18(20)25-14-6-3-13(4-7-14)5-8-17(23)24-12-16(22)21-10-9-15-2-1-11-26-15/h1-8,11,18H,9-10,12H2,(H,21,22)/b8-5+. The predicted octanol–water partition coefficient (Wildman–Crippen LogP) is 3.26. The van der Waals surface area contributed by atoms with Crippen molar-refractivity contribution in [2.45, 2.75) is 13.0 Å². The molecule has 0 saturated heterocycles. The highest BCUT2D eigenvalue weighted by molar-refractivity contribution is 7.09. The number of rotatable bonds is 9. The SMILES string of the molecule is O=C(COC(=O)/C=C/c1ccc(OC(F)F)cc1)NCCc1cccs1. The maximum Gasteiger partial charge on any atom is 0.387 e. The van der Waals surface area contributed by atoms with Gasteiger partial charge in [0.1, 0.15) is 5.75 Å². The molecule has 0 atom stereocenters. The van der Waals surface area contributed by atoms with Crippen molar-refractivity contribution in [3.63, 3.8) is 0 Å². The third kappa shape index (κ3) is 7.43. The first-order valence-electron chi connectivity index (χ1n) is 7.72. The second-order valence-electron chi connectivity index (χ2n) is 5.07. The minimum absolute atomic E-state index is 0.0268. The summed E-state index contributed by atoms with van der Waals surface area (Å²) in [6.45, 7) is -2.78. The van der Waals surface area contributed by atoms with Gasteiger partial charge in [0.15, 0.2) is 6.61 Å². The number of hydrogen-bond acceptors (Lipinski definition) is 5. The number of benzene rings is 1. The van der Waals surface area contributed by atoms with E-state index in [1.165, 1.54) is 30.3 Å². The van der Waals surface area contributed by atoms with Crippen LogP contribution < -0.4 is 10.1 Å². The van der Waals surface area contributed by atoms with Gasteiger partial charge in [-0.1, -0.05) is 18.2 Å². The zero-order valence-corrected chi connectivity index (χ0v) is 14.5. The Balaban J connectivity index is 1.67. The molecule has 1 amide bonds. The van der Waals surface area contributed by atoms with Crippen molar-refractivity contribution in [1.82, 2.24) is 5.32 Å². The van der Waals surface area contributed by atoms with Crippen LogP contribution in [-0.2, 0) is 20.7 Å². The number of hydrogen-bond donors (Lipinski definition) is 1. The first kappa shape index (κ1) is 19.6. The van der Waals surface area contributed by atoms with E-state index in [2.05, 4.69) is 10.1 Å². The fraction of sp³-hybridized carbons (Fsp3) is 0.222. The second kappa shape index (κ2) is 10.3.